The molecule has 38 heavy (non-hydrogen) atoms. The van der Waals surface area contributed by atoms with Gasteiger partial charge < -0.3 is 9.15 Å². The molecule has 0 bridgehead atoms. The Bertz CT molecular complexity index is 1890. The van der Waals surface area contributed by atoms with Crippen LogP contribution < -0.4 is 14.9 Å². The van der Waals surface area contributed by atoms with Crippen LogP contribution in [0.4, 0.5) is 0 Å². The van der Waals surface area contributed by atoms with Crippen LogP contribution in [0.1, 0.15) is 35.6 Å². The number of esters is 1. The number of ether oxygens (including phenoxy) is 1. The number of carbonyl (C=O) groups excluding carboxylic acids is 1. The van der Waals surface area contributed by atoms with E-state index in [4.69, 9.17) is 14.1 Å². The summed E-state index contributed by atoms with van der Waals surface area (Å²) in [5.41, 5.74) is 2.20. The summed E-state index contributed by atoms with van der Waals surface area (Å²) in [5.74, 6) is 0.628. The summed E-state index contributed by atoms with van der Waals surface area (Å²) in [5, 5.41) is 2.14. The van der Waals surface area contributed by atoms with Crippen LogP contribution in [0.5, 0.6) is 0 Å². The minimum atomic E-state index is -0.816. The maximum absolute atomic E-state index is 14.0. The summed E-state index contributed by atoms with van der Waals surface area (Å²) in [6.07, 6.45) is 1.90. The number of hydrogen-bond acceptors (Lipinski definition) is 6. The first kappa shape index (κ1) is 23.9. The van der Waals surface area contributed by atoms with Gasteiger partial charge in [-0.1, -0.05) is 84.1 Å². The predicted octanol–water partition coefficient (Wildman–Crippen LogP) is 4.99. The van der Waals surface area contributed by atoms with E-state index in [2.05, 4.69) is 0 Å². The number of carbonyl (C=O) groups is 1. The lowest BCUT2D eigenvalue weighted by Gasteiger charge is -2.24. The molecular formula is C31H24N2O4S. The fourth-order valence-corrected chi connectivity index (χ4v) is 5.82. The maximum Gasteiger partial charge on any atom is 0.338 e. The summed E-state index contributed by atoms with van der Waals surface area (Å²) in [4.78, 5) is 32.8. The van der Waals surface area contributed by atoms with E-state index in [1.54, 1.807) is 17.6 Å². The van der Waals surface area contributed by atoms with Crippen molar-refractivity contribution in [1.29, 1.82) is 0 Å². The van der Waals surface area contributed by atoms with Crippen molar-refractivity contribution in [2.24, 2.45) is 4.99 Å². The average molecular weight is 521 g/mol. The van der Waals surface area contributed by atoms with E-state index in [9.17, 15) is 9.59 Å². The van der Waals surface area contributed by atoms with Crippen LogP contribution in [0.2, 0.25) is 0 Å². The Morgan fingerprint density at radius 2 is 1.79 bits per heavy atom. The highest BCUT2D eigenvalue weighted by molar-refractivity contribution is 7.07. The van der Waals surface area contributed by atoms with Crippen molar-refractivity contribution >= 4 is 39.9 Å². The number of benzene rings is 3. The predicted molar refractivity (Wildman–Crippen MR) is 148 cm³/mol. The molecule has 0 spiro atoms. The smallest absolute Gasteiger partial charge is 0.338 e. The first-order valence-electron chi connectivity index (χ1n) is 12.4. The SMILES string of the molecule is CCOC(=O)C1=C(c2ccccc2)N=c2sc(=Cc3cccc4ccccc34)c(=O)n2C1c1ccc(C)o1. The maximum atomic E-state index is 14.0. The second kappa shape index (κ2) is 9.76. The van der Waals surface area contributed by atoms with Crippen molar-refractivity contribution < 1.29 is 13.9 Å². The Balaban J connectivity index is 1.66. The highest BCUT2D eigenvalue weighted by atomic mass is 32.1. The van der Waals surface area contributed by atoms with Crippen LogP contribution in [0, 0.1) is 6.92 Å². The van der Waals surface area contributed by atoms with Gasteiger partial charge in [0, 0.05) is 5.56 Å². The molecule has 5 aromatic rings. The van der Waals surface area contributed by atoms with Gasteiger partial charge in [0.05, 0.1) is 22.4 Å². The fourth-order valence-electron chi connectivity index (χ4n) is 4.83. The van der Waals surface area contributed by atoms with Gasteiger partial charge in [0.15, 0.2) is 4.80 Å². The zero-order valence-electron chi connectivity index (χ0n) is 20.9. The molecule has 7 heteroatoms. The number of aryl methyl sites for hydroxylation is 1. The summed E-state index contributed by atoms with van der Waals surface area (Å²) in [7, 11) is 0. The van der Waals surface area contributed by atoms with E-state index in [1.807, 2.05) is 91.9 Å². The highest BCUT2D eigenvalue weighted by Gasteiger charge is 2.37. The number of nitrogens with zero attached hydrogens (tertiary/aromatic N) is 2. The minimum Gasteiger partial charge on any atom is -0.464 e. The molecule has 1 unspecified atom stereocenters. The van der Waals surface area contributed by atoms with Gasteiger partial charge in [-0.25, -0.2) is 9.79 Å². The lowest BCUT2D eigenvalue weighted by molar-refractivity contribution is -0.139. The molecule has 0 radical (unpaired) electrons. The molecule has 3 aromatic carbocycles. The zero-order valence-corrected chi connectivity index (χ0v) is 21.7. The lowest BCUT2D eigenvalue weighted by atomic mass is 9.97. The Labute approximate surface area is 222 Å². The minimum absolute atomic E-state index is 0.194. The topological polar surface area (TPSA) is 73.8 Å². The monoisotopic (exact) mass is 520 g/mol. The summed E-state index contributed by atoms with van der Waals surface area (Å²) in [6.45, 7) is 3.78. The zero-order chi connectivity index (χ0) is 26.2. The van der Waals surface area contributed by atoms with Crippen molar-refractivity contribution in [3.05, 3.63) is 133 Å². The van der Waals surface area contributed by atoms with Gasteiger partial charge in [-0.3, -0.25) is 9.36 Å². The Hall–Kier alpha value is -4.49. The second-order valence-corrected chi connectivity index (χ2v) is 9.96. The average Bonchev–Trinajstić information content (AvgIpc) is 3.51. The summed E-state index contributed by atoms with van der Waals surface area (Å²) in [6, 6.07) is 26.4. The summed E-state index contributed by atoms with van der Waals surface area (Å²) < 4.78 is 13.6. The van der Waals surface area contributed by atoms with Gasteiger partial charge in [0.2, 0.25) is 0 Å². The van der Waals surface area contributed by atoms with Crippen LogP contribution in [0.15, 0.2) is 105 Å². The molecule has 0 aliphatic carbocycles. The van der Waals surface area contributed by atoms with Crippen molar-refractivity contribution in [1.82, 2.24) is 4.57 Å². The third-order valence-corrected chi connectivity index (χ3v) is 7.50. The molecule has 0 N–H and O–H groups in total. The first-order chi connectivity index (χ1) is 18.5. The van der Waals surface area contributed by atoms with Gasteiger partial charge >= 0.3 is 5.97 Å². The van der Waals surface area contributed by atoms with Gasteiger partial charge in [0.25, 0.3) is 5.56 Å². The van der Waals surface area contributed by atoms with E-state index in [0.717, 1.165) is 21.9 Å². The van der Waals surface area contributed by atoms with Crippen LogP contribution in [0.25, 0.3) is 22.5 Å². The van der Waals surface area contributed by atoms with Gasteiger partial charge in [-0.2, -0.15) is 0 Å². The van der Waals surface area contributed by atoms with E-state index in [0.29, 0.717) is 26.6 Å². The molecule has 6 nitrogen and oxygen atoms in total. The largest absolute Gasteiger partial charge is 0.464 e. The fraction of sp³-hybridized carbons (Fsp3) is 0.129. The Kier molecular flexibility index (Phi) is 6.13. The molecule has 188 valence electrons. The molecule has 1 aliphatic rings. The van der Waals surface area contributed by atoms with Crippen molar-refractivity contribution in [3.63, 3.8) is 0 Å². The number of fused-ring (bicyclic) bond motifs is 2. The Morgan fingerprint density at radius 1 is 1.03 bits per heavy atom. The van der Waals surface area contributed by atoms with Gasteiger partial charge in [0.1, 0.15) is 17.6 Å². The molecule has 0 fully saturated rings. The standard InChI is InChI=1S/C31H24N2O4S/c1-3-36-30(35)26-27(21-11-5-4-6-12-21)32-31-33(28(26)24-17-16-19(2)37-24)29(34)25(38-31)18-22-14-9-13-20-10-7-8-15-23(20)22/h4-18,28H,3H2,1-2H3. The molecule has 0 saturated carbocycles. The molecule has 1 aliphatic heterocycles. The molecule has 3 heterocycles. The van der Waals surface area contributed by atoms with Crippen molar-refractivity contribution in [2.75, 3.05) is 6.61 Å². The van der Waals surface area contributed by atoms with Crippen LogP contribution >= 0.6 is 11.3 Å². The van der Waals surface area contributed by atoms with E-state index in [-0.39, 0.29) is 17.7 Å². The number of hydrogen-bond donors (Lipinski definition) is 0. The quantitative estimate of drug-likeness (QED) is 0.306. The van der Waals surface area contributed by atoms with Gasteiger partial charge in [-0.15, -0.1) is 0 Å². The number of thiazole rings is 1. The van der Waals surface area contributed by atoms with E-state index >= 15 is 0 Å². The molecule has 0 saturated heterocycles. The second-order valence-electron chi connectivity index (χ2n) is 8.95. The van der Waals surface area contributed by atoms with Crippen LogP contribution in [-0.2, 0) is 9.53 Å². The van der Waals surface area contributed by atoms with E-state index < -0.39 is 12.0 Å². The van der Waals surface area contributed by atoms with Crippen molar-refractivity contribution in [2.45, 2.75) is 19.9 Å². The van der Waals surface area contributed by atoms with Crippen molar-refractivity contribution in [3.8, 4) is 0 Å². The van der Waals surface area contributed by atoms with Gasteiger partial charge in [-0.05, 0) is 48.4 Å². The third-order valence-electron chi connectivity index (χ3n) is 6.51. The first-order valence-corrected chi connectivity index (χ1v) is 13.2. The summed E-state index contributed by atoms with van der Waals surface area (Å²) >= 11 is 1.30. The molecule has 2 aromatic heterocycles. The number of rotatable bonds is 5. The number of aromatic nitrogens is 1. The van der Waals surface area contributed by atoms with Crippen LogP contribution in [-0.4, -0.2) is 17.1 Å². The third kappa shape index (κ3) is 4.11. The molecule has 0 amide bonds. The molecular weight excluding hydrogens is 496 g/mol. The number of furan rings is 1. The Morgan fingerprint density at radius 3 is 2.55 bits per heavy atom. The highest BCUT2D eigenvalue weighted by Crippen LogP contribution is 2.35. The molecule has 6 rings (SSSR count). The normalized spacial score (nSPS) is 15.4. The lowest BCUT2D eigenvalue weighted by Crippen LogP contribution is -2.39. The van der Waals surface area contributed by atoms with Crippen LogP contribution in [0.3, 0.4) is 0 Å². The molecule has 1 atom stereocenters. The van der Waals surface area contributed by atoms with E-state index in [1.165, 1.54) is 11.3 Å².